The molecule has 0 spiro atoms. The van der Waals surface area contributed by atoms with Gasteiger partial charge in [0.05, 0.1) is 42.9 Å². The number of benzene rings is 4. The van der Waals surface area contributed by atoms with E-state index < -0.39 is 33.5 Å². The Morgan fingerprint density at radius 3 is 1.17 bits per heavy atom. The Labute approximate surface area is 199 Å². The third kappa shape index (κ3) is 2.51. The van der Waals surface area contributed by atoms with Crippen LogP contribution in [-0.2, 0) is 0 Å². The first-order chi connectivity index (χ1) is 17.2. The number of hydrogen-bond acceptors (Lipinski definition) is 8. The molecule has 0 saturated carbocycles. The summed E-state index contributed by atoms with van der Waals surface area (Å²) in [5, 5.41) is 24.0. The van der Waals surface area contributed by atoms with Gasteiger partial charge in [0.1, 0.15) is 0 Å². The molecule has 4 aromatic rings. The standard InChI is InChI=1S/C24H10N4O8/c29-21-13-5-1-3-11-17(27(33)34)9-7-15(19(11)13)23(31)25(21)26-22(30)14-6-2-4-12-18(28(35)36)10-8-16(20(12)14)24(26)32/h1-10H. The average Bonchev–Trinajstić information content (AvgIpc) is 2.86. The number of non-ortho nitro benzene ring substituents is 2. The average molecular weight is 482 g/mol. The van der Waals surface area contributed by atoms with Gasteiger partial charge in [-0.15, -0.1) is 0 Å². The van der Waals surface area contributed by atoms with Crippen LogP contribution in [0.3, 0.4) is 0 Å². The van der Waals surface area contributed by atoms with E-state index in [0.717, 1.165) is 12.1 Å². The molecule has 0 aliphatic carbocycles. The third-order valence-corrected chi connectivity index (χ3v) is 6.32. The van der Waals surface area contributed by atoms with Gasteiger partial charge < -0.3 is 0 Å². The molecule has 0 unspecified atom stereocenters. The number of amides is 4. The summed E-state index contributed by atoms with van der Waals surface area (Å²) in [5.74, 6) is -4.06. The van der Waals surface area contributed by atoms with Gasteiger partial charge in [0.15, 0.2) is 0 Å². The van der Waals surface area contributed by atoms with E-state index in [1.165, 1.54) is 48.5 Å². The molecule has 36 heavy (non-hydrogen) atoms. The quantitative estimate of drug-likeness (QED) is 0.243. The molecule has 0 radical (unpaired) electrons. The van der Waals surface area contributed by atoms with Crippen LogP contribution in [0.5, 0.6) is 0 Å². The Kier molecular flexibility index (Phi) is 4.09. The monoisotopic (exact) mass is 482 g/mol. The maximum absolute atomic E-state index is 13.5. The molecule has 0 fully saturated rings. The van der Waals surface area contributed by atoms with Crippen molar-refractivity contribution in [3.63, 3.8) is 0 Å². The number of carbonyl (C=O) groups excluding carboxylic acids is 4. The van der Waals surface area contributed by atoms with Crippen molar-refractivity contribution < 1.29 is 29.0 Å². The summed E-state index contributed by atoms with van der Waals surface area (Å²) in [6, 6.07) is 12.8. The van der Waals surface area contributed by atoms with E-state index >= 15 is 0 Å². The van der Waals surface area contributed by atoms with Gasteiger partial charge in [-0.3, -0.25) is 39.4 Å². The molecule has 0 bridgehead atoms. The molecule has 0 atom stereocenters. The second-order valence-electron chi connectivity index (χ2n) is 8.08. The molecule has 174 valence electrons. The minimum absolute atomic E-state index is 0.0491. The highest BCUT2D eigenvalue weighted by molar-refractivity contribution is 6.31. The van der Waals surface area contributed by atoms with Crippen LogP contribution >= 0.6 is 0 Å². The largest absolute Gasteiger partial charge is 0.281 e. The first-order valence-electron chi connectivity index (χ1n) is 10.4. The molecule has 0 saturated heterocycles. The maximum Gasteiger partial charge on any atom is 0.281 e. The van der Waals surface area contributed by atoms with Crippen LogP contribution in [0.1, 0.15) is 41.4 Å². The minimum Gasteiger partial charge on any atom is -0.267 e. The lowest BCUT2D eigenvalue weighted by molar-refractivity contribution is -0.383. The van der Waals surface area contributed by atoms with Crippen molar-refractivity contribution in [1.82, 2.24) is 10.0 Å². The van der Waals surface area contributed by atoms with Gasteiger partial charge in [0, 0.05) is 22.9 Å². The van der Waals surface area contributed by atoms with Crippen molar-refractivity contribution in [2.75, 3.05) is 0 Å². The Morgan fingerprint density at radius 1 is 0.500 bits per heavy atom. The molecule has 2 heterocycles. The van der Waals surface area contributed by atoms with E-state index in [4.69, 9.17) is 0 Å². The molecule has 12 nitrogen and oxygen atoms in total. The van der Waals surface area contributed by atoms with Gasteiger partial charge in [0.25, 0.3) is 35.0 Å². The highest BCUT2D eigenvalue weighted by atomic mass is 16.6. The molecule has 6 rings (SSSR count). The number of rotatable bonds is 3. The van der Waals surface area contributed by atoms with E-state index in [9.17, 15) is 39.4 Å². The molecule has 0 N–H and O–H groups in total. The number of hydrazine groups is 1. The lowest BCUT2D eigenvalue weighted by Crippen LogP contribution is -2.58. The summed E-state index contributed by atoms with van der Waals surface area (Å²) < 4.78 is 0. The van der Waals surface area contributed by atoms with Crippen molar-refractivity contribution in [2.45, 2.75) is 0 Å². The first-order valence-corrected chi connectivity index (χ1v) is 10.4. The zero-order valence-electron chi connectivity index (χ0n) is 17.8. The fraction of sp³-hybridized carbons (Fsp3) is 0. The van der Waals surface area contributed by atoms with Crippen LogP contribution in [0.2, 0.25) is 0 Å². The van der Waals surface area contributed by atoms with Gasteiger partial charge >= 0.3 is 0 Å². The maximum atomic E-state index is 13.5. The number of hydrogen-bond donors (Lipinski definition) is 0. The summed E-state index contributed by atoms with van der Waals surface area (Å²) in [4.78, 5) is 75.6. The molecule has 0 aromatic heterocycles. The van der Waals surface area contributed by atoms with Crippen LogP contribution < -0.4 is 0 Å². The van der Waals surface area contributed by atoms with Gasteiger partial charge in [-0.1, -0.05) is 12.1 Å². The second-order valence-corrected chi connectivity index (χ2v) is 8.08. The highest BCUT2D eigenvalue weighted by Crippen LogP contribution is 2.39. The van der Waals surface area contributed by atoms with Gasteiger partial charge in [-0.25, -0.2) is 0 Å². The normalized spacial score (nSPS) is 14.7. The molecular formula is C24H10N4O8. The van der Waals surface area contributed by atoms with Crippen LogP contribution in [-0.4, -0.2) is 43.5 Å². The third-order valence-electron chi connectivity index (χ3n) is 6.32. The Balaban J connectivity index is 1.56. The lowest BCUT2D eigenvalue weighted by Gasteiger charge is -2.36. The van der Waals surface area contributed by atoms with Gasteiger partial charge in [0.2, 0.25) is 0 Å². The van der Waals surface area contributed by atoms with Crippen molar-refractivity contribution in [3.05, 3.63) is 103 Å². The van der Waals surface area contributed by atoms with Crippen LogP contribution in [0.15, 0.2) is 60.7 Å². The summed E-state index contributed by atoms with van der Waals surface area (Å²) in [6.07, 6.45) is 0. The molecule has 12 heteroatoms. The van der Waals surface area contributed by atoms with Crippen molar-refractivity contribution in [3.8, 4) is 0 Å². The number of carbonyl (C=O) groups is 4. The Bertz CT molecular complexity index is 1620. The number of nitrogens with zero attached hydrogens (tertiary/aromatic N) is 4. The van der Waals surface area contributed by atoms with Crippen LogP contribution in [0, 0.1) is 20.2 Å². The smallest absolute Gasteiger partial charge is 0.267 e. The Morgan fingerprint density at radius 2 is 0.833 bits per heavy atom. The Hall–Kier alpha value is -5.52. The van der Waals surface area contributed by atoms with Gasteiger partial charge in [-0.05, 0) is 36.4 Å². The summed E-state index contributed by atoms with van der Waals surface area (Å²) in [5.41, 5.74) is -1.01. The predicted molar refractivity (Wildman–Crippen MR) is 122 cm³/mol. The molecule has 2 aliphatic rings. The fourth-order valence-electron chi connectivity index (χ4n) is 4.82. The SMILES string of the molecule is O=C1c2cccc3c([N+](=O)[O-])ccc(c23)C(=O)N1N1C(=O)c2cccc3c([N+](=O)[O-])ccc(c23)C1=O. The van der Waals surface area contributed by atoms with E-state index in [1.54, 1.807) is 0 Å². The number of nitro benzene ring substituents is 2. The summed E-state index contributed by atoms with van der Waals surface area (Å²) >= 11 is 0. The van der Waals surface area contributed by atoms with Crippen molar-refractivity contribution >= 4 is 56.5 Å². The van der Waals surface area contributed by atoms with E-state index in [1.807, 2.05) is 0 Å². The fourth-order valence-corrected chi connectivity index (χ4v) is 4.82. The molecular weight excluding hydrogens is 472 g/mol. The van der Waals surface area contributed by atoms with Gasteiger partial charge in [-0.2, -0.15) is 10.0 Å². The minimum atomic E-state index is -1.02. The first kappa shape index (κ1) is 21.0. The zero-order chi connectivity index (χ0) is 25.5. The topological polar surface area (TPSA) is 161 Å². The summed E-state index contributed by atoms with van der Waals surface area (Å²) in [6.45, 7) is 0. The van der Waals surface area contributed by atoms with E-state index in [2.05, 4.69) is 0 Å². The van der Waals surface area contributed by atoms with Crippen molar-refractivity contribution in [1.29, 1.82) is 0 Å². The van der Waals surface area contributed by atoms with Crippen LogP contribution in [0.4, 0.5) is 11.4 Å². The van der Waals surface area contributed by atoms with Crippen molar-refractivity contribution in [2.24, 2.45) is 0 Å². The number of imide groups is 2. The predicted octanol–water partition coefficient (Wildman–Crippen LogP) is 3.62. The van der Waals surface area contributed by atoms with E-state index in [0.29, 0.717) is 10.0 Å². The zero-order valence-corrected chi connectivity index (χ0v) is 17.8. The lowest BCUT2D eigenvalue weighted by atomic mass is 9.92. The van der Waals surface area contributed by atoms with E-state index in [-0.39, 0.29) is 55.2 Å². The summed E-state index contributed by atoms with van der Waals surface area (Å²) in [7, 11) is 0. The molecule has 4 aromatic carbocycles. The van der Waals surface area contributed by atoms with Crippen LogP contribution in [0.25, 0.3) is 21.5 Å². The molecule has 4 amide bonds. The number of nitro groups is 2. The molecule has 2 aliphatic heterocycles. The highest BCUT2D eigenvalue weighted by Gasteiger charge is 2.46. The second kappa shape index (κ2) is 6.99.